The zero-order chi connectivity index (χ0) is 29.6. The van der Waals surface area contributed by atoms with Crippen LogP contribution in [-0.2, 0) is 16.0 Å². The Morgan fingerprint density at radius 3 is 2.21 bits per heavy atom. The van der Waals surface area contributed by atoms with Gasteiger partial charge in [0, 0.05) is 35.6 Å². The number of ether oxygens (including phenoxy) is 3. The molecule has 214 valence electrons. The Labute approximate surface area is 242 Å². The molecule has 0 amide bonds. The number of hydrogen-bond donors (Lipinski definition) is 2. The molecular weight excluding hydrogens is 536 g/mol. The molecule has 5 aromatic rings. The monoisotopic (exact) mass is 566 g/mol. The fourth-order valence-electron chi connectivity index (χ4n) is 4.91. The number of phenols is 2. The van der Waals surface area contributed by atoms with Crippen LogP contribution in [0.5, 0.6) is 23.0 Å². The van der Waals surface area contributed by atoms with E-state index in [0.717, 1.165) is 17.4 Å². The molecule has 0 saturated heterocycles. The van der Waals surface area contributed by atoms with Crippen LogP contribution >= 0.6 is 0 Å². The van der Waals surface area contributed by atoms with E-state index < -0.39 is 23.1 Å². The predicted octanol–water partition coefficient (Wildman–Crippen LogP) is 6.20. The van der Waals surface area contributed by atoms with Crippen molar-refractivity contribution < 1.29 is 33.6 Å². The summed E-state index contributed by atoms with van der Waals surface area (Å²) in [4.78, 5) is 25.7. The molecule has 0 spiro atoms. The van der Waals surface area contributed by atoms with E-state index in [9.17, 15) is 19.8 Å². The third-order valence-corrected chi connectivity index (χ3v) is 7.10. The van der Waals surface area contributed by atoms with E-state index in [1.165, 1.54) is 13.2 Å². The van der Waals surface area contributed by atoms with Crippen LogP contribution in [0, 0.1) is 0 Å². The van der Waals surface area contributed by atoms with Gasteiger partial charge in [-0.2, -0.15) is 0 Å². The molecule has 0 bridgehead atoms. The summed E-state index contributed by atoms with van der Waals surface area (Å²) in [6.07, 6.45) is 0.549. The third kappa shape index (κ3) is 6.07. The highest BCUT2D eigenvalue weighted by Gasteiger charge is 2.28. The van der Waals surface area contributed by atoms with Gasteiger partial charge in [-0.05, 0) is 35.4 Å². The van der Waals surface area contributed by atoms with Gasteiger partial charge < -0.3 is 28.8 Å². The first-order valence-electron chi connectivity index (χ1n) is 13.4. The summed E-state index contributed by atoms with van der Waals surface area (Å²) in [6, 6.07) is 26.3. The second-order valence-electron chi connectivity index (χ2n) is 9.72. The van der Waals surface area contributed by atoms with Gasteiger partial charge in [0.2, 0.25) is 0 Å². The summed E-state index contributed by atoms with van der Waals surface area (Å²) >= 11 is 0. The van der Waals surface area contributed by atoms with Crippen molar-refractivity contribution >= 4 is 16.9 Å². The van der Waals surface area contributed by atoms with Crippen LogP contribution in [0.15, 0.2) is 100 Å². The normalized spacial score (nSPS) is 11.7. The zero-order valence-electron chi connectivity index (χ0n) is 23.2. The Hall–Kier alpha value is -5.24. The first kappa shape index (κ1) is 28.3. The summed E-state index contributed by atoms with van der Waals surface area (Å²) in [6.45, 7) is 0.452. The molecule has 0 radical (unpaired) electrons. The molecule has 0 aliphatic rings. The minimum atomic E-state index is -0.761. The number of hydrogen-bond acceptors (Lipinski definition) is 8. The summed E-state index contributed by atoms with van der Waals surface area (Å²) in [5.41, 5.74) is 2.11. The number of benzene rings is 4. The molecule has 0 aliphatic carbocycles. The van der Waals surface area contributed by atoms with E-state index in [0.29, 0.717) is 29.9 Å². The smallest absolute Gasteiger partial charge is 0.306 e. The molecule has 2 N–H and O–H groups in total. The largest absolute Gasteiger partial charge is 0.507 e. The van der Waals surface area contributed by atoms with E-state index in [1.54, 1.807) is 55.6 Å². The van der Waals surface area contributed by atoms with Gasteiger partial charge in [0.15, 0.2) is 5.43 Å². The van der Waals surface area contributed by atoms with Gasteiger partial charge in [-0.25, -0.2) is 0 Å². The number of carbonyl (C=O) groups excluding carboxylic acids is 1. The SMILES string of the molecule is COC(=O)CC(c1ccc(OCCc2ccc(OC)cc2)cc1)c1c(O)cc(O)c2c(=O)cc(-c3ccccc3)oc12. The summed E-state index contributed by atoms with van der Waals surface area (Å²) in [7, 11) is 2.91. The van der Waals surface area contributed by atoms with Crippen LogP contribution in [0.1, 0.15) is 29.0 Å². The van der Waals surface area contributed by atoms with Crippen LogP contribution in [0.3, 0.4) is 0 Å². The molecule has 8 nitrogen and oxygen atoms in total. The van der Waals surface area contributed by atoms with E-state index in [4.69, 9.17) is 18.6 Å². The highest BCUT2D eigenvalue weighted by Crippen LogP contribution is 2.43. The van der Waals surface area contributed by atoms with Crippen molar-refractivity contribution in [3.05, 3.63) is 118 Å². The Balaban J connectivity index is 1.50. The molecule has 1 heterocycles. The van der Waals surface area contributed by atoms with Crippen LogP contribution < -0.4 is 14.9 Å². The quantitative estimate of drug-likeness (QED) is 0.192. The zero-order valence-corrected chi connectivity index (χ0v) is 23.2. The Morgan fingerprint density at radius 1 is 0.857 bits per heavy atom. The predicted molar refractivity (Wildman–Crippen MR) is 158 cm³/mol. The average Bonchev–Trinajstić information content (AvgIpc) is 3.01. The van der Waals surface area contributed by atoms with Crippen molar-refractivity contribution in [2.45, 2.75) is 18.8 Å². The van der Waals surface area contributed by atoms with Gasteiger partial charge in [0.05, 0.1) is 27.2 Å². The topological polar surface area (TPSA) is 115 Å². The van der Waals surface area contributed by atoms with Gasteiger partial charge in [0.1, 0.15) is 39.7 Å². The van der Waals surface area contributed by atoms with Crippen LogP contribution in [0.2, 0.25) is 0 Å². The van der Waals surface area contributed by atoms with Gasteiger partial charge in [0.25, 0.3) is 0 Å². The van der Waals surface area contributed by atoms with E-state index in [-0.39, 0.29) is 34.5 Å². The second-order valence-corrected chi connectivity index (χ2v) is 9.72. The van der Waals surface area contributed by atoms with E-state index in [2.05, 4.69) is 0 Å². The fourth-order valence-corrected chi connectivity index (χ4v) is 4.91. The first-order valence-corrected chi connectivity index (χ1v) is 13.4. The van der Waals surface area contributed by atoms with Crippen LogP contribution in [-0.4, -0.2) is 37.0 Å². The lowest BCUT2D eigenvalue weighted by Crippen LogP contribution is -2.12. The number of methoxy groups -OCH3 is 2. The maximum absolute atomic E-state index is 13.2. The highest BCUT2D eigenvalue weighted by atomic mass is 16.5. The number of phenolic OH excluding ortho intramolecular Hbond substituents is 2. The van der Waals surface area contributed by atoms with Crippen molar-refractivity contribution in [3.8, 4) is 34.3 Å². The van der Waals surface area contributed by atoms with Crippen LogP contribution in [0.25, 0.3) is 22.3 Å². The van der Waals surface area contributed by atoms with Gasteiger partial charge in [-0.15, -0.1) is 0 Å². The first-order chi connectivity index (χ1) is 20.4. The molecule has 8 heteroatoms. The Bertz CT molecular complexity index is 1740. The van der Waals surface area contributed by atoms with E-state index in [1.807, 2.05) is 30.3 Å². The average molecular weight is 567 g/mol. The Kier molecular flexibility index (Phi) is 8.43. The molecule has 42 heavy (non-hydrogen) atoms. The third-order valence-electron chi connectivity index (χ3n) is 7.10. The highest BCUT2D eigenvalue weighted by molar-refractivity contribution is 5.90. The molecule has 0 fully saturated rings. The molecule has 1 atom stereocenters. The van der Waals surface area contributed by atoms with Crippen molar-refractivity contribution in [2.24, 2.45) is 0 Å². The Morgan fingerprint density at radius 2 is 1.55 bits per heavy atom. The van der Waals surface area contributed by atoms with Crippen molar-refractivity contribution in [1.29, 1.82) is 0 Å². The maximum Gasteiger partial charge on any atom is 0.306 e. The molecular formula is C34H30O8. The molecule has 0 saturated carbocycles. The second kappa shape index (κ2) is 12.5. The van der Waals surface area contributed by atoms with Gasteiger partial charge >= 0.3 is 5.97 Å². The minimum Gasteiger partial charge on any atom is -0.507 e. The molecule has 5 rings (SSSR count). The van der Waals surface area contributed by atoms with Gasteiger partial charge in [-0.3, -0.25) is 9.59 Å². The van der Waals surface area contributed by atoms with Crippen molar-refractivity contribution in [1.82, 2.24) is 0 Å². The minimum absolute atomic E-state index is 0.00688. The number of esters is 1. The number of carbonyl (C=O) groups is 1. The summed E-state index contributed by atoms with van der Waals surface area (Å²) in [5.74, 6) is -0.345. The molecule has 1 aromatic heterocycles. The lowest BCUT2D eigenvalue weighted by atomic mass is 9.86. The molecule has 4 aromatic carbocycles. The van der Waals surface area contributed by atoms with Crippen molar-refractivity contribution in [3.63, 3.8) is 0 Å². The number of rotatable bonds is 10. The summed E-state index contributed by atoms with van der Waals surface area (Å²) in [5, 5.41) is 21.6. The van der Waals surface area contributed by atoms with Crippen LogP contribution in [0.4, 0.5) is 0 Å². The molecule has 0 aliphatic heterocycles. The van der Waals surface area contributed by atoms with Crippen molar-refractivity contribution in [2.75, 3.05) is 20.8 Å². The number of fused-ring (bicyclic) bond motifs is 1. The fraction of sp³-hybridized carbons (Fsp3) is 0.176. The lowest BCUT2D eigenvalue weighted by Gasteiger charge is -2.20. The molecule has 1 unspecified atom stereocenters. The standard InChI is InChI=1S/C34H30O8/c1-39-24-12-8-21(9-13-24)16-17-41-25-14-10-22(11-15-25)26(18-31(38)40-2)32-27(35)19-28(36)33-29(37)20-30(42-34(32)33)23-6-4-3-5-7-23/h3-15,19-20,26,35-36H,16-18H2,1-2H3. The number of aromatic hydroxyl groups is 2. The maximum atomic E-state index is 13.2. The summed E-state index contributed by atoms with van der Waals surface area (Å²) < 4.78 is 22.3. The van der Waals surface area contributed by atoms with Gasteiger partial charge in [-0.1, -0.05) is 54.6 Å². The lowest BCUT2D eigenvalue weighted by molar-refractivity contribution is -0.140. The van der Waals surface area contributed by atoms with E-state index >= 15 is 0 Å².